The Morgan fingerprint density at radius 3 is 2.69 bits per heavy atom. The molecule has 1 aromatic heterocycles. The molecule has 0 bridgehead atoms. The van der Waals surface area contributed by atoms with Gasteiger partial charge in [-0.2, -0.15) is 0 Å². The molecule has 0 amide bonds. The molecular weight excluding hydrogens is 457 g/mol. The maximum Gasteiger partial charge on any atom is 0.191 e. The average Bonchev–Trinajstić information content (AvgIpc) is 3.36. The van der Waals surface area contributed by atoms with Crippen molar-refractivity contribution in [3.8, 4) is 0 Å². The molecule has 0 radical (unpaired) electrons. The summed E-state index contributed by atoms with van der Waals surface area (Å²) < 4.78 is 0. The molecule has 2 unspecified atom stereocenters. The number of aliphatic imine (C=N–C) groups is 1. The zero-order chi connectivity index (χ0) is 17.5. The van der Waals surface area contributed by atoms with Crippen LogP contribution in [0.2, 0.25) is 0 Å². The molecule has 0 aliphatic carbocycles. The summed E-state index contributed by atoms with van der Waals surface area (Å²) in [6.45, 7) is 8.47. The molecule has 2 fully saturated rings. The molecule has 2 atom stereocenters. The molecule has 26 heavy (non-hydrogen) atoms. The lowest BCUT2D eigenvalue weighted by atomic mass is 10.2. The molecule has 1 aromatic rings. The van der Waals surface area contributed by atoms with Crippen LogP contribution in [-0.2, 0) is 0 Å². The van der Waals surface area contributed by atoms with Crippen LogP contribution < -0.4 is 10.6 Å². The van der Waals surface area contributed by atoms with Crippen LogP contribution in [0, 0.1) is 0 Å². The number of halogens is 1. The summed E-state index contributed by atoms with van der Waals surface area (Å²) in [4.78, 5) is 11.4. The van der Waals surface area contributed by atoms with Gasteiger partial charge in [0.2, 0.25) is 0 Å². The van der Waals surface area contributed by atoms with E-state index in [-0.39, 0.29) is 24.0 Å². The lowest BCUT2D eigenvalue weighted by molar-refractivity contribution is 0.255. The van der Waals surface area contributed by atoms with Gasteiger partial charge in [0.15, 0.2) is 5.96 Å². The number of hydrogen-bond donors (Lipinski definition) is 2. The molecular formula is C19H34IN5S. The normalized spacial score (nSPS) is 23.0. The van der Waals surface area contributed by atoms with Gasteiger partial charge in [0, 0.05) is 24.0 Å². The van der Waals surface area contributed by atoms with E-state index < -0.39 is 0 Å². The van der Waals surface area contributed by atoms with Gasteiger partial charge < -0.3 is 15.5 Å². The third-order valence-corrected chi connectivity index (χ3v) is 6.37. The molecule has 7 heteroatoms. The minimum absolute atomic E-state index is 0. The van der Waals surface area contributed by atoms with Crippen molar-refractivity contribution in [2.45, 2.75) is 44.7 Å². The average molecular weight is 491 g/mol. The number of likely N-dealkylation sites (N-methyl/N-ethyl adjacent to an activating group) is 1. The maximum absolute atomic E-state index is 4.94. The van der Waals surface area contributed by atoms with E-state index in [1.807, 2.05) is 11.3 Å². The Hall–Kier alpha value is -0.380. The van der Waals surface area contributed by atoms with Crippen molar-refractivity contribution in [1.82, 2.24) is 20.4 Å². The van der Waals surface area contributed by atoms with E-state index >= 15 is 0 Å². The first-order valence-corrected chi connectivity index (χ1v) is 10.7. The summed E-state index contributed by atoms with van der Waals surface area (Å²) >= 11 is 1.86. The van der Waals surface area contributed by atoms with Crippen molar-refractivity contribution in [2.75, 3.05) is 46.3 Å². The second-order valence-corrected chi connectivity index (χ2v) is 8.13. The van der Waals surface area contributed by atoms with E-state index in [9.17, 15) is 0 Å². The van der Waals surface area contributed by atoms with Gasteiger partial charge in [0.05, 0.1) is 12.6 Å². The van der Waals surface area contributed by atoms with Crippen molar-refractivity contribution in [3.05, 3.63) is 22.4 Å². The van der Waals surface area contributed by atoms with Gasteiger partial charge in [0.1, 0.15) is 0 Å². The monoisotopic (exact) mass is 491 g/mol. The number of rotatable bonds is 7. The highest BCUT2D eigenvalue weighted by molar-refractivity contribution is 14.0. The van der Waals surface area contributed by atoms with Gasteiger partial charge in [-0.1, -0.05) is 6.07 Å². The zero-order valence-electron chi connectivity index (χ0n) is 16.1. The molecule has 2 aliphatic heterocycles. The first-order valence-electron chi connectivity index (χ1n) is 9.77. The Morgan fingerprint density at radius 2 is 2.08 bits per heavy atom. The predicted molar refractivity (Wildman–Crippen MR) is 123 cm³/mol. The number of nitrogens with zero attached hydrogens (tertiary/aromatic N) is 3. The quantitative estimate of drug-likeness (QED) is 0.350. The van der Waals surface area contributed by atoms with E-state index in [1.165, 1.54) is 50.2 Å². The highest BCUT2D eigenvalue weighted by Gasteiger charge is 2.24. The smallest absolute Gasteiger partial charge is 0.191 e. The molecule has 3 heterocycles. The Morgan fingerprint density at radius 1 is 1.27 bits per heavy atom. The number of hydrogen-bond acceptors (Lipinski definition) is 4. The third kappa shape index (κ3) is 6.07. The Balaban J connectivity index is 0.00000243. The van der Waals surface area contributed by atoms with Crippen molar-refractivity contribution >= 4 is 41.3 Å². The van der Waals surface area contributed by atoms with Crippen LogP contribution >= 0.6 is 35.3 Å². The van der Waals surface area contributed by atoms with E-state index in [1.54, 1.807) is 0 Å². The predicted octanol–water partition coefficient (Wildman–Crippen LogP) is 3.15. The van der Waals surface area contributed by atoms with Crippen LogP contribution in [0.5, 0.6) is 0 Å². The number of likely N-dealkylation sites (tertiary alicyclic amines) is 2. The first kappa shape index (κ1) is 21.9. The topological polar surface area (TPSA) is 42.9 Å². The van der Waals surface area contributed by atoms with Crippen LogP contribution in [0.25, 0.3) is 0 Å². The minimum atomic E-state index is 0. The second kappa shape index (κ2) is 11.5. The molecule has 2 N–H and O–H groups in total. The molecule has 2 aliphatic rings. The van der Waals surface area contributed by atoms with Crippen molar-refractivity contribution in [3.63, 3.8) is 0 Å². The number of guanidine groups is 1. The van der Waals surface area contributed by atoms with Gasteiger partial charge in [-0.15, -0.1) is 35.3 Å². The van der Waals surface area contributed by atoms with Crippen LogP contribution in [0.1, 0.15) is 43.5 Å². The summed E-state index contributed by atoms with van der Waals surface area (Å²) in [6.07, 6.45) is 5.23. The van der Waals surface area contributed by atoms with E-state index in [4.69, 9.17) is 4.99 Å². The van der Waals surface area contributed by atoms with Crippen LogP contribution in [0.3, 0.4) is 0 Å². The molecule has 0 aromatic carbocycles. The van der Waals surface area contributed by atoms with Crippen molar-refractivity contribution in [1.29, 1.82) is 0 Å². The second-order valence-electron chi connectivity index (χ2n) is 7.15. The summed E-state index contributed by atoms with van der Waals surface area (Å²) in [5, 5.41) is 9.17. The first-order chi connectivity index (χ1) is 12.3. The molecule has 0 spiro atoms. The molecule has 148 valence electrons. The van der Waals surface area contributed by atoms with Crippen molar-refractivity contribution in [2.24, 2.45) is 4.99 Å². The molecule has 5 nitrogen and oxygen atoms in total. The summed E-state index contributed by atoms with van der Waals surface area (Å²) in [5.74, 6) is 0.962. The highest BCUT2D eigenvalue weighted by atomic mass is 127. The fraction of sp³-hybridized carbons (Fsp3) is 0.737. The zero-order valence-corrected chi connectivity index (χ0v) is 19.3. The minimum Gasteiger partial charge on any atom is -0.357 e. The lowest BCUT2D eigenvalue weighted by Gasteiger charge is -2.26. The van der Waals surface area contributed by atoms with E-state index in [0.717, 1.165) is 25.6 Å². The highest BCUT2D eigenvalue weighted by Crippen LogP contribution is 2.28. The molecule has 2 saturated heterocycles. The fourth-order valence-electron chi connectivity index (χ4n) is 3.89. The largest absolute Gasteiger partial charge is 0.357 e. The number of nitrogens with one attached hydrogen (secondary N) is 2. The number of thiophene rings is 1. The van der Waals surface area contributed by atoms with Crippen molar-refractivity contribution < 1.29 is 0 Å². The fourth-order valence-corrected chi connectivity index (χ4v) is 4.74. The maximum atomic E-state index is 4.94. The van der Waals surface area contributed by atoms with Gasteiger partial charge >= 0.3 is 0 Å². The van der Waals surface area contributed by atoms with E-state index in [0.29, 0.717) is 12.1 Å². The SMILES string of the molecule is CCNC(=NCC(c1cccs1)N1CCCC1)NCC1CCCN1C.I. The van der Waals surface area contributed by atoms with E-state index in [2.05, 4.69) is 51.9 Å². The van der Waals surface area contributed by atoms with Crippen LogP contribution in [0.15, 0.2) is 22.5 Å². The molecule has 0 saturated carbocycles. The summed E-state index contributed by atoms with van der Waals surface area (Å²) in [6, 6.07) is 5.48. The van der Waals surface area contributed by atoms with Gasteiger partial charge in [-0.05, 0) is 70.7 Å². The molecule has 3 rings (SSSR count). The van der Waals surface area contributed by atoms with Gasteiger partial charge in [0.25, 0.3) is 0 Å². The van der Waals surface area contributed by atoms with Crippen LogP contribution in [-0.4, -0.2) is 68.1 Å². The van der Waals surface area contributed by atoms with Crippen LogP contribution in [0.4, 0.5) is 0 Å². The van der Waals surface area contributed by atoms with Gasteiger partial charge in [-0.25, -0.2) is 0 Å². The third-order valence-electron chi connectivity index (χ3n) is 5.40. The Kier molecular flexibility index (Phi) is 9.66. The standard InChI is InChI=1S/C19H33N5S.HI/c1-3-20-19(21-14-16-8-6-10-23(16)2)22-15-17(18-9-7-13-25-18)24-11-4-5-12-24;/h7,9,13,16-17H,3-6,8,10-12,14-15H2,1-2H3,(H2,20,21,22);1H. The Bertz CT molecular complexity index is 530. The Labute approximate surface area is 179 Å². The lowest BCUT2D eigenvalue weighted by Crippen LogP contribution is -2.44. The van der Waals surface area contributed by atoms with Gasteiger partial charge in [-0.3, -0.25) is 9.89 Å². The summed E-state index contributed by atoms with van der Waals surface area (Å²) in [7, 11) is 2.23. The summed E-state index contributed by atoms with van der Waals surface area (Å²) in [5.41, 5.74) is 0.